The van der Waals surface area contributed by atoms with Crippen LogP contribution in [0.5, 0.6) is 0 Å². The second-order valence-electron chi connectivity index (χ2n) is 5.67. The molecule has 4 unspecified atom stereocenters. The number of rotatable bonds is 4. The van der Waals surface area contributed by atoms with Gasteiger partial charge in [0.1, 0.15) is 24.1 Å². The maximum atomic E-state index is 12.2. The molecule has 0 radical (unpaired) electrons. The van der Waals surface area contributed by atoms with E-state index < -0.39 is 42.7 Å². The van der Waals surface area contributed by atoms with E-state index in [0.29, 0.717) is 0 Å². The van der Waals surface area contributed by atoms with Gasteiger partial charge in [-0.05, 0) is 18.2 Å². The Balaban J connectivity index is 1.79. The first-order chi connectivity index (χ1) is 12.4. The molecule has 2 aromatic rings. The van der Waals surface area contributed by atoms with E-state index in [1.54, 1.807) is 18.2 Å². The second-order valence-corrected chi connectivity index (χ2v) is 6.07. The van der Waals surface area contributed by atoms with Crippen molar-refractivity contribution in [2.24, 2.45) is 0 Å². The van der Waals surface area contributed by atoms with Crippen LogP contribution in [0.3, 0.4) is 0 Å². The first-order valence-electron chi connectivity index (χ1n) is 7.70. The monoisotopic (exact) mass is 381 g/mol. The fourth-order valence-corrected chi connectivity index (χ4v) is 2.84. The number of aliphatic hydroxyl groups is 3. The molecule has 1 fully saturated rings. The van der Waals surface area contributed by atoms with Gasteiger partial charge in [-0.2, -0.15) is 4.98 Å². The van der Waals surface area contributed by atoms with Crippen molar-refractivity contribution in [2.45, 2.75) is 24.5 Å². The van der Waals surface area contributed by atoms with Crippen molar-refractivity contribution in [3.8, 4) is 0 Å². The number of amides is 1. The summed E-state index contributed by atoms with van der Waals surface area (Å²) >= 11 is 5.95. The van der Waals surface area contributed by atoms with Crippen LogP contribution in [0.4, 0.5) is 5.82 Å². The second kappa shape index (κ2) is 7.52. The normalized spacial score (nSPS) is 25.2. The van der Waals surface area contributed by atoms with Gasteiger partial charge in [0, 0.05) is 6.20 Å². The van der Waals surface area contributed by atoms with Gasteiger partial charge in [0.2, 0.25) is 0 Å². The maximum Gasteiger partial charge on any atom is 0.351 e. The molecule has 1 aromatic carbocycles. The number of ether oxygens (including phenoxy) is 1. The van der Waals surface area contributed by atoms with Crippen molar-refractivity contribution in [1.82, 2.24) is 9.55 Å². The first kappa shape index (κ1) is 18.5. The van der Waals surface area contributed by atoms with E-state index in [1.807, 2.05) is 0 Å². The molecule has 4 atom stereocenters. The highest BCUT2D eigenvalue weighted by molar-refractivity contribution is 6.34. The molecule has 9 nitrogen and oxygen atoms in total. The largest absolute Gasteiger partial charge is 0.394 e. The minimum absolute atomic E-state index is 0.0112. The Labute approximate surface area is 152 Å². The van der Waals surface area contributed by atoms with Crippen LogP contribution < -0.4 is 11.0 Å². The van der Waals surface area contributed by atoms with Gasteiger partial charge in [-0.25, -0.2) is 4.79 Å². The van der Waals surface area contributed by atoms with Gasteiger partial charge < -0.3 is 25.4 Å². The number of carbonyl (C=O) groups is 1. The third-order valence-electron chi connectivity index (χ3n) is 3.98. The number of aromatic nitrogens is 2. The molecule has 138 valence electrons. The van der Waals surface area contributed by atoms with Crippen LogP contribution in [0.2, 0.25) is 5.02 Å². The molecule has 10 heteroatoms. The minimum atomic E-state index is -1.41. The van der Waals surface area contributed by atoms with E-state index in [0.717, 1.165) is 4.57 Å². The van der Waals surface area contributed by atoms with E-state index >= 15 is 0 Å². The van der Waals surface area contributed by atoms with E-state index in [4.69, 9.17) is 21.4 Å². The summed E-state index contributed by atoms with van der Waals surface area (Å²) in [5, 5.41) is 31.6. The van der Waals surface area contributed by atoms with E-state index in [-0.39, 0.29) is 16.4 Å². The highest BCUT2D eigenvalue weighted by atomic mass is 35.5. The zero-order valence-electron chi connectivity index (χ0n) is 13.3. The molecule has 26 heavy (non-hydrogen) atoms. The van der Waals surface area contributed by atoms with Crippen molar-refractivity contribution in [2.75, 3.05) is 11.9 Å². The fraction of sp³-hybridized carbons (Fsp3) is 0.312. The first-order valence-corrected chi connectivity index (χ1v) is 8.07. The Morgan fingerprint density at radius 3 is 2.62 bits per heavy atom. The number of carbonyl (C=O) groups excluding carboxylic acids is 1. The van der Waals surface area contributed by atoms with Crippen molar-refractivity contribution in [1.29, 1.82) is 0 Å². The van der Waals surface area contributed by atoms with Gasteiger partial charge >= 0.3 is 5.69 Å². The summed E-state index contributed by atoms with van der Waals surface area (Å²) in [5.74, 6) is -0.545. The number of halogens is 1. The van der Waals surface area contributed by atoms with E-state index in [2.05, 4.69) is 10.3 Å². The summed E-state index contributed by atoms with van der Waals surface area (Å²) in [5.41, 5.74) is -0.583. The third-order valence-corrected chi connectivity index (χ3v) is 4.31. The molecule has 4 N–H and O–H groups in total. The lowest BCUT2D eigenvalue weighted by Crippen LogP contribution is -2.36. The lowest BCUT2D eigenvalue weighted by atomic mass is 10.1. The zero-order valence-corrected chi connectivity index (χ0v) is 14.1. The molecule has 1 aromatic heterocycles. The van der Waals surface area contributed by atoms with Crippen LogP contribution in [0.25, 0.3) is 0 Å². The Bertz CT molecular complexity index is 873. The van der Waals surface area contributed by atoms with Gasteiger partial charge in [-0.15, -0.1) is 0 Å². The Morgan fingerprint density at radius 1 is 1.27 bits per heavy atom. The standard InChI is InChI=1S/C16H16ClN3O6/c17-9-4-2-1-3-8(9)14(24)18-11-5-6-20(16(25)19-11)15-13(23)12(22)10(7-21)26-15/h1-6,10,12-13,15,21-23H,7H2,(H,18,19,24,25). The van der Waals surface area contributed by atoms with Gasteiger partial charge in [0.15, 0.2) is 6.23 Å². The van der Waals surface area contributed by atoms with Crippen LogP contribution in [0.1, 0.15) is 16.6 Å². The van der Waals surface area contributed by atoms with Gasteiger partial charge in [-0.1, -0.05) is 23.7 Å². The highest BCUT2D eigenvalue weighted by Gasteiger charge is 2.43. The van der Waals surface area contributed by atoms with Gasteiger partial charge in [0.05, 0.1) is 17.2 Å². The average Bonchev–Trinajstić information content (AvgIpc) is 2.90. The molecule has 0 saturated carbocycles. The molecule has 1 aliphatic heterocycles. The number of nitrogens with one attached hydrogen (secondary N) is 1. The van der Waals surface area contributed by atoms with Crippen molar-refractivity contribution in [3.05, 3.63) is 57.6 Å². The summed E-state index contributed by atoms with van der Waals surface area (Å²) in [6.07, 6.45) is -3.69. The Hall–Kier alpha value is -2.30. The average molecular weight is 382 g/mol. The topological polar surface area (TPSA) is 134 Å². The maximum absolute atomic E-state index is 12.2. The highest BCUT2D eigenvalue weighted by Crippen LogP contribution is 2.28. The summed E-state index contributed by atoms with van der Waals surface area (Å²) in [4.78, 5) is 28.1. The van der Waals surface area contributed by atoms with E-state index in [1.165, 1.54) is 18.3 Å². The Kier molecular flexibility index (Phi) is 5.35. The summed E-state index contributed by atoms with van der Waals surface area (Å²) < 4.78 is 6.24. The van der Waals surface area contributed by atoms with Crippen LogP contribution in [-0.4, -0.2) is 55.7 Å². The number of anilines is 1. The number of hydrogen-bond acceptors (Lipinski definition) is 7. The SMILES string of the molecule is O=C(Nc1ccn(C2OC(CO)C(O)C2O)c(=O)n1)c1ccccc1Cl. The number of aliphatic hydroxyl groups excluding tert-OH is 3. The minimum Gasteiger partial charge on any atom is -0.394 e. The predicted molar refractivity (Wildman–Crippen MR) is 90.9 cm³/mol. The predicted octanol–water partition coefficient (Wildman–Crippen LogP) is -0.239. The lowest BCUT2D eigenvalue weighted by Gasteiger charge is -2.17. The molecule has 0 spiro atoms. The zero-order chi connectivity index (χ0) is 18.8. The van der Waals surface area contributed by atoms with Crippen LogP contribution >= 0.6 is 11.6 Å². The molecule has 3 rings (SSSR count). The van der Waals surface area contributed by atoms with Gasteiger partial charge in [-0.3, -0.25) is 9.36 Å². The van der Waals surface area contributed by atoms with Gasteiger partial charge in [0.25, 0.3) is 5.91 Å². The van der Waals surface area contributed by atoms with Crippen LogP contribution in [0, 0.1) is 0 Å². The summed E-state index contributed by atoms with van der Waals surface area (Å²) in [6.45, 7) is -0.511. The number of hydrogen-bond donors (Lipinski definition) is 4. The van der Waals surface area contributed by atoms with E-state index in [9.17, 15) is 19.8 Å². The molecule has 1 aliphatic rings. The smallest absolute Gasteiger partial charge is 0.351 e. The molecular weight excluding hydrogens is 366 g/mol. The number of benzene rings is 1. The lowest BCUT2D eigenvalue weighted by molar-refractivity contribution is -0.0549. The molecule has 1 amide bonds. The molecule has 0 aliphatic carbocycles. The third kappa shape index (κ3) is 3.48. The summed E-state index contributed by atoms with van der Waals surface area (Å²) in [7, 11) is 0. The molecule has 1 saturated heterocycles. The quantitative estimate of drug-likeness (QED) is 0.574. The van der Waals surface area contributed by atoms with Crippen molar-refractivity contribution >= 4 is 23.3 Å². The van der Waals surface area contributed by atoms with Crippen molar-refractivity contribution in [3.63, 3.8) is 0 Å². The molecule has 2 heterocycles. The number of nitrogens with zero attached hydrogens (tertiary/aromatic N) is 2. The molecular formula is C16H16ClN3O6. The summed E-state index contributed by atoms with van der Waals surface area (Å²) in [6, 6.07) is 7.75. The van der Waals surface area contributed by atoms with Crippen LogP contribution in [-0.2, 0) is 4.74 Å². The molecule has 0 bridgehead atoms. The fourth-order valence-electron chi connectivity index (χ4n) is 2.61. The van der Waals surface area contributed by atoms with Crippen molar-refractivity contribution < 1.29 is 24.9 Å². The van der Waals surface area contributed by atoms with Crippen LogP contribution in [0.15, 0.2) is 41.3 Å². The Morgan fingerprint density at radius 2 is 2.00 bits per heavy atom.